The van der Waals surface area contributed by atoms with E-state index >= 15 is 0 Å². The highest BCUT2D eigenvalue weighted by atomic mass is 16.3. The number of phenols is 1. The van der Waals surface area contributed by atoms with Gasteiger partial charge in [0.15, 0.2) is 0 Å². The zero-order valence-corrected chi connectivity index (χ0v) is 15.9. The van der Waals surface area contributed by atoms with Crippen molar-refractivity contribution in [3.8, 4) is 16.9 Å². The number of hydrogen-bond donors (Lipinski definition) is 1. The van der Waals surface area contributed by atoms with Gasteiger partial charge in [-0.2, -0.15) is 0 Å². The molecule has 4 aromatic rings. The van der Waals surface area contributed by atoms with Gasteiger partial charge >= 0.3 is 0 Å². The molecule has 0 bridgehead atoms. The molecule has 3 heterocycles. The fourth-order valence-electron chi connectivity index (χ4n) is 3.69. The molecule has 0 unspecified atom stereocenters. The summed E-state index contributed by atoms with van der Waals surface area (Å²) in [5.74, 6) is 2.19. The Kier molecular flexibility index (Phi) is 4.44. The highest BCUT2D eigenvalue weighted by molar-refractivity contribution is 5.82. The number of hydrogen-bond acceptors (Lipinski definition) is 6. The lowest BCUT2D eigenvalue weighted by Gasteiger charge is -2.35. The average Bonchev–Trinajstić information content (AvgIpc) is 2.79. The smallest absolute Gasteiger partial charge is 0.147 e. The Morgan fingerprint density at radius 2 is 1.41 bits per heavy atom. The van der Waals surface area contributed by atoms with Gasteiger partial charge in [0.1, 0.15) is 17.4 Å². The van der Waals surface area contributed by atoms with Crippen molar-refractivity contribution >= 4 is 22.7 Å². The molecule has 0 atom stereocenters. The molecule has 1 saturated heterocycles. The molecule has 1 fully saturated rings. The Morgan fingerprint density at radius 1 is 0.690 bits per heavy atom. The number of aromatic nitrogens is 3. The van der Waals surface area contributed by atoms with Crippen molar-refractivity contribution in [1.29, 1.82) is 0 Å². The minimum Gasteiger partial charge on any atom is -0.508 e. The maximum atomic E-state index is 9.51. The van der Waals surface area contributed by atoms with Crippen LogP contribution in [-0.4, -0.2) is 46.2 Å². The van der Waals surface area contributed by atoms with Gasteiger partial charge in [0.05, 0.1) is 17.2 Å². The van der Waals surface area contributed by atoms with Gasteiger partial charge < -0.3 is 14.9 Å². The minimum atomic E-state index is 0.265. The number of piperazine rings is 1. The van der Waals surface area contributed by atoms with E-state index in [2.05, 4.69) is 31.9 Å². The summed E-state index contributed by atoms with van der Waals surface area (Å²) in [5, 5.41) is 9.51. The van der Waals surface area contributed by atoms with Crippen LogP contribution in [0, 0.1) is 0 Å². The van der Waals surface area contributed by atoms with Crippen LogP contribution in [0.3, 0.4) is 0 Å². The molecule has 2 aromatic heterocycles. The summed E-state index contributed by atoms with van der Waals surface area (Å²) in [6.07, 6.45) is 3.70. The van der Waals surface area contributed by atoms with Gasteiger partial charge in [-0.1, -0.05) is 24.3 Å². The number of rotatable bonds is 3. The lowest BCUT2D eigenvalue weighted by Crippen LogP contribution is -2.47. The zero-order valence-electron chi connectivity index (χ0n) is 15.9. The highest BCUT2D eigenvalue weighted by Crippen LogP contribution is 2.26. The molecular weight excluding hydrogens is 362 g/mol. The number of anilines is 2. The third kappa shape index (κ3) is 3.57. The molecule has 6 heteroatoms. The van der Waals surface area contributed by atoms with E-state index in [0.717, 1.165) is 60.0 Å². The Labute approximate surface area is 169 Å². The average molecular weight is 383 g/mol. The van der Waals surface area contributed by atoms with E-state index in [0.29, 0.717) is 0 Å². The lowest BCUT2D eigenvalue weighted by atomic mass is 10.0. The number of pyridine rings is 1. The largest absolute Gasteiger partial charge is 0.508 e. The van der Waals surface area contributed by atoms with Crippen LogP contribution < -0.4 is 9.80 Å². The second-order valence-electron chi connectivity index (χ2n) is 7.14. The van der Waals surface area contributed by atoms with E-state index in [4.69, 9.17) is 4.98 Å². The van der Waals surface area contributed by atoms with Gasteiger partial charge in [0, 0.05) is 32.4 Å². The molecular formula is C23H21N5O. The lowest BCUT2D eigenvalue weighted by molar-refractivity contribution is 0.475. The molecule has 1 aliphatic heterocycles. The summed E-state index contributed by atoms with van der Waals surface area (Å²) in [6.45, 7) is 3.58. The number of nitrogens with zero attached hydrogens (tertiary/aromatic N) is 5. The SMILES string of the molecule is Oc1ccc(-c2ccc3ncc(N4CCN(c5ccccn5)CC4)nc3c2)cc1. The highest BCUT2D eigenvalue weighted by Gasteiger charge is 2.19. The van der Waals surface area contributed by atoms with Crippen LogP contribution in [-0.2, 0) is 0 Å². The Morgan fingerprint density at radius 3 is 2.14 bits per heavy atom. The topological polar surface area (TPSA) is 65.4 Å². The molecule has 0 amide bonds. The standard InChI is InChI=1S/C23H21N5O/c29-19-7-4-17(5-8-19)18-6-9-20-21(15-18)26-23(16-25-20)28-13-11-27(12-14-28)22-3-1-2-10-24-22/h1-10,15-16,29H,11-14H2. The van der Waals surface area contributed by atoms with Crippen LogP contribution in [0.25, 0.3) is 22.2 Å². The van der Waals surface area contributed by atoms with Crippen LogP contribution in [0.2, 0.25) is 0 Å². The van der Waals surface area contributed by atoms with E-state index in [1.165, 1.54) is 0 Å². The second kappa shape index (κ2) is 7.39. The normalized spacial score (nSPS) is 14.3. The monoisotopic (exact) mass is 383 g/mol. The second-order valence-corrected chi connectivity index (χ2v) is 7.14. The molecule has 2 aromatic carbocycles. The molecule has 5 rings (SSSR count). The Bertz CT molecular complexity index is 1120. The summed E-state index contributed by atoms with van der Waals surface area (Å²) in [7, 11) is 0. The molecule has 144 valence electrons. The molecule has 29 heavy (non-hydrogen) atoms. The van der Waals surface area contributed by atoms with Crippen LogP contribution in [0.1, 0.15) is 0 Å². The summed E-state index contributed by atoms with van der Waals surface area (Å²) in [4.78, 5) is 18.5. The first-order chi connectivity index (χ1) is 14.3. The Hall–Kier alpha value is -3.67. The fourth-order valence-corrected chi connectivity index (χ4v) is 3.69. The van der Waals surface area contributed by atoms with E-state index < -0.39 is 0 Å². The molecule has 1 aliphatic rings. The van der Waals surface area contributed by atoms with Crippen LogP contribution in [0.4, 0.5) is 11.6 Å². The molecule has 0 aliphatic carbocycles. The summed E-state index contributed by atoms with van der Waals surface area (Å²) >= 11 is 0. The zero-order chi connectivity index (χ0) is 19.6. The van der Waals surface area contributed by atoms with Crippen LogP contribution >= 0.6 is 0 Å². The van der Waals surface area contributed by atoms with Gasteiger partial charge in [-0.15, -0.1) is 0 Å². The van der Waals surface area contributed by atoms with E-state index in [1.807, 2.05) is 48.8 Å². The van der Waals surface area contributed by atoms with Crippen molar-refractivity contribution in [2.24, 2.45) is 0 Å². The van der Waals surface area contributed by atoms with E-state index in [-0.39, 0.29) is 5.75 Å². The van der Waals surface area contributed by atoms with E-state index in [1.54, 1.807) is 12.1 Å². The first kappa shape index (κ1) is 17.4. The predicted molar refractivity (Wildman–Crippen MR) is 115 cm³/mol. The van der Waals surface area contributed by atoms with Crippen molar-refractivity contribution in [2.45, 2.75) is 0 Å². The maximum absolute atomic E-state index is 9.51. The van der Waals surface area contributed by atoms with Gasteiger partial charge in [-0.25, -0.2) is 9.97 Å². The van der Waals surface area contributed by atoms with Gasteiger partial charge in [-0.3, -0.25) is 4.98 Å². The number of fused-ring (bicyclic) bond motifs is 1. The van der Waals surface area contributed by atoms with Crippen molar-refractivity contribution < 1.29 is 5.11 Å². The quantitative estimate of drug-likeness (QED) is 0.582. The molecule has 1 N–H and O–H groups in total. The first-order valence-corrected chi connectivity index (χ1v) is 9.73. The van der Waals surface area contributed by atoms with Gasteiger partial charge in [0.25, 0.3) is 0 Å². The molecule has 0 radical (unpaired) electrons. The summed E-state index contributed by atoms with van der Waals surface area (Å²) in [5.41, 5.74) is 3.86. The fraction of sp³-hybridized carbons (Fsp3) is 0.174. The number of benzene rings is 2. The van der Waals surface area contributed by atoms with Crippen molar-refractivity contribution in [3.63, 3.8) is 0 Å². The van der Waals surface area contributed by atoms with Crippen molar-refractivity contribution in [3.05, 3.63) is 73.1 Å². The summed E-state index contributed by atoms with van der Waals surface area (Å²) < 4.78 is 0. The van der Waals surface area contributed by atoms with Gasteiger partial charge in [-0.05, 0) is 47.5 Å². The third-order valence-electron chi connectivity index (χ3n) is 5.31. The maximum Gasteiger partial charge on any atom is 0.147 e. The van der Waals surface area contributed by atoms with Crippen molar-refractivity contribution in [2.75, 3.05) is 36.0 Å². The molecule has 0 saturated carbocycles. The summed E-state index contributed by atoms with van der Waals surface area (Å²) in [6, 6.07) is 19.3. The van der Waals surface area contributed by atoms with E-state index in [9.17, 15) is 5.11 Å². The van der Waals surface area contributed by atoms with Crippen molar-refractivity contribution in [1.82, 2.24) is 15.0 Å². The predicted octanol–water partition coefficient (Wildman–Crippen LogP) is 3.72. The van der Waals surface area contributed by atoms with Crippen LogP contribution in [0.15, 0.2) is 73.1 Å². The minimum absolute atomic E-state index is 0.265. The van der Waals surface area contributed by atoms with Crippen LogP contribution in [0.5, 0.6) is 5.75 Å². The molecule has 6 nitrogen and oxygen atoms in total. The Balaban J connectivity index is 1.37. The number of aromatic hydroxyl groups is 1. The molecule has 0 spiro atoms. The third-order valence-corrected chi connectivity index (χ3v) is 5.31. The number of phenolic OH excluding ortho intramolecular Hbond substituents is 1. The van der Waals surface area contributed by atoms with Gasteiger partial charge in [0.2, 0.25) is 0 Å². The first-order valence-electron chi connectivity index (χ1n) is 9.73.